The summed E-state index contributed by atoms with van der Waals surface area (Å²) in [6.07, 6.45) is 0. The molecule has 0 amide bonds. The van der Waals surface area contributed by atoms with Crippen molar-refractivity contribution in [3.8, 4) is 0 Å². The molecule has 1 unspecified atom stereocenters. The lowest BCUT2D eigenvalue weighted by molar-refractivity contribution is 0.599. The van der Waals surface area contributed by atoms with E-state index in [0.717, 1.165) is 5.57 Å². The highest BCUT2D eigenvalue weighted by atomic mass is 32.2. The van der Waals surface area contributed by atoms with Gasteiger partial charge in [0, 0.05) is 11.4 Å². The molecular weight excluding hydrogens is 138 g/mol. The van der Waals surface area contributed by atoms with Crippen LogP contribution in [-0.4, -0.2) is 20.2 Å². The van der Waals surface area contributed by atoms with E-state index in [9.17, 15) is 8.42 Å². The lowest BCUT2D eigenvalue weighted by Crippen LogP contribution is -2.29. The SMILES string of the molecule is CC(N)C1=CS(=O)(=O)C1. The maximum absolute atomic E-state index is 10.5. The molecule has 1 heterocycles. The quantitative estimate of drug-likeness (QED) is 0.551. The summed E-state index contributed by atoms with van der Waals surface area (Å²) in [6, 6.07) is -0.103. The molecule has 9 heavy (non-hydrogen) atoms. The van der Waals surface area contributed by atoms with Gasteiger partial charge in [-0.05, 0) is 12.5 Å². The monoisotopic (exact) mass is 147 g/mol. The topological polar surface area (TPSA) is 60.2 Å². The average molecular weight is 147 g/mol. The molecule has 0 radical (unpaired) electrons. The molecule has 1 aliphatic rings. The number of sulfone groups is 1. The summed E-state index contributed by atoms with van der Waals surface area (Å²) in [5.41, 5.74) is 6.21. The zero-order chi connectivity index (χ0) is 7.07. The minimum absolute atomic E-state index is 0.103. The van der Waals surface area contributed by atoms with Gasteiger partial charge in [0.15, 0.2) is 9.84 Å². The van der Waals surface area contributed by atoms with Crippen LogP contribution in [0, 0.1) is 0 Å². The Hall–Kier alpha value is -0.350. The van der Waals surface area contributed by atoms with Gasteiger partial charge in [-0.3, -0.25) is 0 Å². The summed E-state index contributed by atoms with van der Waals surface area (Å²) < 4.78 is 20.9. The van der Waals surface area contributed by atoms with Gasteiger partial charge in [-0.25, -0.2) is 8.42 Å². The first-order valence-electron chi connectivity index (χ1n) is 2.70. The molecule has 4 heteroatoms. The molecule has 0 aromatic heterocycles. The van der Waals surface area contributed by atoms with Crippen molar-refractivity contribution in [1.82, 2.24) is 0 Å². The van der Waals surface area contributed by atoms with Crippen LogP contribution in [0.2, 0.25) is 0 Å². The van der Waals surface area contributed by atoms with Gasteiger partial charge in [0.1, 0.15) is 0 Å². The third-order valence-electron chi connectivity index (χ3n) is 1.28. The summed E-state index contributed by atoms with van der Waals surface area (Å²) in [4.78, 5) is 0. The van der Waals surface area contributed by atoms with Crippen LogP contribution in [0.25, 0.3) is 0 Å². The fourth-order valence-corrected chi connectivity index (χ4v) is 2.03. The van der Waals surface area contributed by atoms with Crippen LogP contribution in [0.5, 0.6) is 0 Å². The van der Waals surface area contributed by atoms with Gasteiger partial charge < -0.3 is 5.73 Å². The summed E-state index contributed by atoms with van der Waals surface area (Å²) in [6.45, 7) is 1.78. The first kappa shape index (κ1) is 6.77. The van der Waals surface area contributed by atoms with Crippen molar-refractivity contribution in [1.29, 1.82) is 0 Å². The van der Waals surface area contributed by atoms with Crippen LogP contribution in [0.15, 0.2) is 11.0 Å². The Balaban J connectivity index is 2.77. The van der Waals surface area contributed by atoms with E-state index < -0.39 is 9.84 Å². The summed E-state index contributed by atoms with van der Waals surface area (Å²) >= 11 is 0. The Morgan fingerprint density at radius 1 is 1.78 bits per heavy atom. The molecule has 2 N–H and O–H groups in total. The van der Waals surface area contributed by atoms with Crippen LogP contribution >= 0.6 is 0 Å². The van der Waals surface area contributed by atoms with Crippen LogP contribution in [-0.2, 0) is 9.84 Å². The van der Waals surface area contributed by atoms with Gasteiger partial charge >= 0.3 is 0 Å². The predicted molar refractivity (Wildman–Crippen MR) is 35.5 cm³/mol. The van der Waals surface area contributed by atoms with Gasteiger partial charge in [0.05, 0.1) is 5.75 Å². The van der Waals surface area contributed by atoms with Gasteiger partial charge in [-0.15, -0.1) is 0 Å². The Labute approximate surface area is 54.5 Å². The highest BCUT2D eigenvalue weighted by molar-refractivity contribution is 7.95. The highest BCUT2D eigenvalue weighted by Gasteiger charge is 2.24. The number of nitrogens with two attached hydrogens (primary N) is 1. The Morgan fingerprint density at radius 3 is 2.33 bits per heavy atom. The molecular formula is C5H9NO2S. The normalized spacial score (nSPS) is 26.2. The Morgan fingerprint density at radius 2 is 2.22 bits per heavy atom. The van der Waals surface area contributed by atoms with E-state index in [1.165, 1.54) is 5.41 Å². The van der Waals surface area contributed by atoms with E-state index in [4.69, 9.17) is 5.73 Å². The van der Waals surface area contributed by atoms with Crippen molar-refractivity contribution in [2.75, 3.05) is 5.75 Å². The van der Waals surface area contributed by atoms with Gasteiger partial charge in [0.2, 0.25) is 0 Å². The summed E-state index contributed by atoms with van der Waals surface area (Å²) in [5.74, 6) is 0.157. The fourth-order valence-electron chi connectivity index (χ4n) is 0.678. The molecule has 0 saturated carbocycles. The van der Waals surface area contributed by atoms with Gasteiger partial charge in [-0.1, -0.05) is 0 Å². The van der Waals surface area contributed by atoms with Crippen molar-refractivity contribution in [3.63, 3.8) is 0 Å². The molecule has 0 fully saturated rings. The second-order valence-corrected chi connectivity index (χ2v) is 4.14. The number of hydrogen-bond donors (Lipinski definition) is 1. The van der Waals surface area contributed by atoms with E-state index in [-0.39, 0.29) is 11.8 Å². The van der Waals surface area contributed by atoms with E-state index in [2.05, 4.69) is 0 Å². The molecule has 0 aromatic carbocycles. The minimum Gasteiger partial charge on any atom is -0.324 e. The van der Waals surface area contributed by atoms with Crippen molar-refractivity contribution in [3.05, 3.63) is 11.0 Å². The van der Waals surface area contributed by atoms with E-state index in [1.54, 1.807) is 6.92 Å². The van der Waals surface area contributed by atoms with Crippen molar-refractivity contribution >= 4 is 9.84 Å². The third-order valence-corrected chi connectivity index (χ3v) is 2.68. The molecule has 1 rings (SSSR count). The molecule has 1 aliphatic heterocycles. The maximum Gasteiger partial charge on any atom is 0.175 e. The van der Waals surface area contributed by atoms with Crippen LogP contribution < -0.4 is 5.73 Å². The molecule has 1 atom stereocenters. The van der Waals surface area contributed by atoms with Gasteiger partial charge in [0.25, 0.3) is 0 Å². The first-order valence-corrected chi connectivity index (χ1v) is 4.41. The summed E-state index contributed by atoms with van der Waals surface area (Å²) in [5, 5.41) is 1.25. The first-order chi connectivity index (χ1) is 4.01. The highest BCUT2D eigenvalue weighted by Crippen LogP contribution is 2.17. The van der Waals surface area contributed by atoms with E-state index in [0.29, 0.717) is 0 Å². The molecule has 0 saturated heterocycles. The van der Waals surface area contributed by atoms with Crippen molar-refractivity contribution in [2.24, 2.45) is 5.73 Å². The average Bonchev–Trinajstić information content (AvgIpc) is 1.59. The van der Waals surface area contributed by atoms with Crippen LogP contribution in [0.3, 0.4) is 0 Å². The second kappa shape index (κ2) is 1.82. The molecule has 0 aromatic rings. The Kier molecular flexibility index (Phi) is 1.36. The second-order valence-electron chi connectivity index (χ2n) is 2.29. The molecule has 0 aliphatic carbocycles. The number of rotatable bonds is 1. The van der Waals surface area contributed by atoms with Crippen LogP contribution in [0.1, 0.15) is 6.92 Å². The molecule has 52 valence electrons. The van der Waals surface area contributed by atoms with Crippen LogP contribution in [0.4, 0.5) is 0 Å². The predicted octanol–water partition coefficient (Wildman–Crippen LogP) is -0.354. The van der Waals surface area contributed by atoms with Gasteiger partial charge in [-0.2, -0.15) is 0 Å². The maximum atomic E-state index is 10.5. The molecule has 0 bridgehead atoms. The Bertz CT molecular complexity index is 238. The third kappa shape index (κ3) is 1.31. The molecule has 0 spiro atoms. The number of hydrogen-bond acceptors (Lipinski definition) is 3. The standard InChI is InChI=1S/C5H9NO2S/c1-4(6)5-2-9(7,8)3-5/h2,4H,3,6H2,1H3. The summed E-state index contributed by atoms with van der Waals surface area (Å²) in [7, 11) is -2.82. The van der Waals surface area contributed by atoms with E-state index in [1.807, 2.05) is 0 Å². The van der Waals surface area contributed by atoms with E-state index >= 15 is 0 Å². The lowest BCUT2D eigenvalue weighted by Gasteiger charge is -2.17. The lowest BCUT2D eigenvalue weighted by atomic mass is 10.2. The smallest absolute Gasteiger partial charge is 0.175 e. The minimum atomic E-state index is -2.82. The van der Waals surface area contributed by atoms with Crippen molar-refractivity contribution < 1.29 is 8.42 Å². The zero-order valence-corrected chi connectivity index (χ0v) is 5.98. The molecule has 3 nitrogen and oxygen atoms in total. The fraction of sp³-hybridized carbons (Fsp3) is 0.600. The van der Waals surface area contributed by atoms with Crippen molar-refractivity contribution in [2.45, 2.75) is 13.0 Å². The largest absolute Gasteiger partial charge is 0.324 e. The zero-order valence-electron chi connectivity index (χ0n) is 5.16.